The van der Waals surface area contributed by atoms with Gasteiger partial charge in [0.2, 0.25) is 0 Å². The molecule has 0 aromatic heterocycles. The zero-order chi connectivity index (χ0) is 17.0. The molecule has 0 aromatic carbocycles. The lowest BCUT2D eigenvalue weighted by atomic mass is 9.98. The molecule has 0 atom stereocenters. The third-order valence-corrected chi connectivity index (χ3v) is 4.40. The Morgan fingerprint density at radius 3 is 2.13 bits per heavy atom. The lowest BCUT2D eigenvalue weighted by Crippen LogP contribution is -2.53. The Bertz CT molecular complexity index is 351. The van der Waals surface area contributed by atoms with Gasteiger partial charge in [-0.15, -0.1) is 0 Å². The molecule has 1 N–H and O–H groups in total. The molecule has 0 spiro atoms. The third-order valence-electron chi connectivity index (χ3n) is 4.40. The highest BCUT2D eigenvalue weighted by atomic mass is 16.6. The fourth-order valence-corrected chi connectivity index (χ4v) is 2.91. The van der Waals surface area contributed by atoms with Crippen molar-refractivity contribution in [2.45, 2.75) is 90.0 Å². The molecule has 0 heterocycles. The highest BCUT2D eigenvalue weighted by Gasteiger charge is 2.44. The molecule has 1 saturated carbocycles. The normalized spacial score (nSPS) is 16.1. The second kappa shape index (κ2) is 11.3. The fraction of sp³-hybridized carbons (Fsp3) is 0.889. The number of nitrogens with one attached hydrogen (secondary N) is 1. The zero-order valence-electron chi connectivity index (χ0n) is 14.8. The van der Waals surface area contributed by atoms with Gasteiger partial charge < -0.3 is 14.8 Å². The van der Waals surface area contributed by atoms with Crippen molar-refractivity contribution >= 4 is 12.1 Å². The first-order chi connectivity index (χ1) is 11.1. The summed E-state index contributed by atoms with van der Waals surface area (Å²) < 4.78 is 10.6. The van der Waals surface area contributed by atoms with Gasteiger partial charge in [0.05, 0.1) is 13.2 Å². The van der Waals surface area contributed by atoms with E-state index >= 15 is 0 Å². The maximum absolute atomic E-state index is 12.4. The molecule has 134 valence electrons. The first-order valence-corrected chi connectivity index (χ1v) is 9.27. The summed E-state index contributed by atoms with van der Waals surface area (Å²) in [4.78, 5) is 24.3. The molecule has 0 bridgehead atoms. The Kier molecular flexibility index (Phi) is 9.72. The van der Waals surface area contributed by atoms with Crippen molar-refractivity contribution in [2.75, 3.05) is 13.2 Å². The molecule has 0 aromatic rings. The minimum atomic E-state index is -0.868. The molecule has 0 radical (unpaired) electrons. The molecule has 5 heteroatoms. The van der Waals surface area contributed by atoms with Gasteiger partial charge in [0.1, 0.15) is 5.54 Å². The zero-order valence-corrected chi connectivity index (χ0v) is 14.8. The number of ether oxygens (including phenoxy) is 2. The van der Waals surface area contributed by atoms with Crippen molar-refractivity contribution in [3.63, 3.8) is 0 Å². The van der Waals surface area contributed by atoms with E-state index in [0.29, 0.717) is 26.1 Å². The summed E-state index contributed by atoms with van der Waals surface area (Å²) >= 11 is 0. The second-order valence-electron chi connectivity index (χ2n) is 6.45. The van der Waals surface area contributed by atoms with Crippen LogP contribution in [0, 0.1) is 0 Å². The van der Waals surface area contributed by atoms with E-state index in [1.807, 2.05) is 6.92 Å². The lowest BCUT2D eigenvalue weighted by molar-refractivity contribution is -0.151. The number of carbonyl (C=O) groups is 2. The van der Waals surface area contributed by atoms with Gasteiger partial charge in [-0.3, -0.25) is 0 Å². The highest BCUT2D eigenvalue weighted by molar-refractivity contribution is 5.86. The first kappa shape index (κ1) is 19.8. The van der Waals surface area contributed by atoms with E-state index in [4.69, 9.17) is 9.47 Å². The van der Waals surface area contributed by atoms with Gasteiger partial charge in [-0.05, 0) is 25.7 Å². The number of alkyl carbamates (subject to hydrolysis) is 1. The van der Waals surface area contributed by atoms with Crippen LogP contribution < -0.4 is 5.32 Å². The quantitative estimate of drug-likeness (QED) is 0.453. The largest absolute Gasteiger partial charge is 0.464 e. The molecular formula is C18H33NO4. The molecule has 1 amide bonds. The summed E-state index contributed by atoms with van der Waals surface area (Å²) in [5.41, 5.74) is -0.868. The minimum absolute atomic E-state index is 0.294. The maximum Gasteiger partial charge on any atom is 0.408 e. The van der Waals surface area contributed by atoms with Crippen LogP contribution in [0.5, 0.6) is 0 Å². The Morgan fingerprint density at radius 2 is 1.48 bits per heavy atom. The molecule has 1 aliphatic carbocycles. The average molecular weight is 327 g/mol. The lowest BCUT2D eigenvalue weighted by Gasteiger charge is -2.27. The second-order valence-corrected chi connectivity index (χ2v) is 6.45. The Morgan fingerprint density at radius 1 is 0.870 bits per heavy atom. The Hall–Kier alpha value is -1.26. The van der Waals surface area contributed by atoms with E-state index in [2.05, 4.69) is 12.2 Å². The van der Waals surface area contributed by atoms with E-state index in [1.165, 1.54) is 19.3 Å². The molecule has 5 nitrogen and oxygen atoms in total. The summed E-state index contributed by atoms with van der Waals surface area (Å²) in [7, 11) is 0. The van der Waals surface area contributed by atoms with Gasteiger partial charge in [-0.1, -0.05) is 58.8 Å². The van der Waals surface area contributed by atoms with Crippen molar-refractivity contribution in [3.05, 3.63) is 0 Å². The van der Waals surface area contributed by atoms with Crippen LogP contribution in [0.15, 0.2) is 0 Å². The van der Waals surface area contributed by atoms with E-state index in [0.717, 1.165) is 38.5 Å². The van der Waals surface area contributed by atoms with E-state index in [1.54, 1.807) is 0 Å². The minimum Gasteiger partial charge on any atom is -0.464 e. The van der Waals surface area contributed by atoms with Crippen molar-refractivity contribution in [2.24, 2.45) is 0 Å². The van der Waals surface area contributed by atoms with Crippen LogP contribution in [0.25, 0.3) is 0 Å². The topological polar surface area (TPSA) is 64.6 Å². The monoisotopic (exact) mass is 327 g/mol. The maximum atomic E-state index is 12.4. The molecule has 0 aliphatic heterocycles. The molecule has 1 fully saturated rings. The number of hydrogen-bond acceptors (Lipinski definition) is 4. The standard InChI is InChI=1S/C18H33NO4/c1-3-5-7-8-11-15-22-16(20)18(12-9-10-13-18)19-17(21)23-14-6-4-2/h3-15H2,1-2H3,(H,19,21). The van der Waals surface area contributed by atoms with Crippen LogP contribution in [0.4, 0.5) is 4.79 Å². The van der Waals surface area contributed by atoms with E-state index in [-0.39, 0.29) is 5.97 Å². The van der Waals surface area contributed by atoms with Crippen molar-refractivity contribution in [1.29, 1.82) is 0 Å². The number of hydrogen-bond donors (Lipinski definition) is 1. The van der Waals surface area contributed by atoms with Gasteiger partial charge in [0.15, 0.2) is 0 Å². The van der Waals surface area contributed by atoms with Gasteiger partial charge in [0.25, 0.3) is 0 Å². The van der Waals surface area contributed by atoms with Crippen molar-refractivity contribution in [1.82, 2.24) is 5.32 Å². The van der Waals surface area contributed by atoms with Crippen LogP contribution >= 0.6 is 0 Å². The first-order valence-electron chi connectivity index (χ1n) is 9.27. The van der Waals surface area contributed by atoms with Crippen LogP contribution in [0.2, 0.25) is 0 Å². The van der Waals surface area contributed by atoms with Crippen molar-refractivity contribution in [3.8, 4) is 0 Å². The number of amides is 1. The van der Waals surface area contributed by atoms with Crippen LogP contribution in [-0.4, -0.2) is 30.8 Å². The number of carbonyl (C=O) groups excluding carboxylic acids is 2. The smallest absolute Gasteiger partial charge is 0.408 e. The summed E-state index contributed by atoms with van der Waals surface area (Å²) in [6.45, 7) is 5.05. The highest BCUT2D eigenvalue weighted by Crippen LogP contribution is 2.31. The van der Waals surface area contributed by atoms with Gasteiger partial charge in [0, 0.05) is 0 Å². The molecule has 1 rings (SSSR count). The van der Waals surface area contributed by atoms with E-state index in [9.17, 15) is 9.59 Å². The summed E-state index contributed by atoms with van der Waals surface area (Å²) in [6.07, 6.45) is 10.0. The molecule has 0 saturated heterocycles. The number of unbranched alkanes of at least 4 members (excludes halogenated alkanes) is 5. The number of esters is 1. The van der Waals surface area contributed by atoms with Crippen LogP contribution in [-0.2, 0) is 14.3 Å². The Labute approximate surface area is 140 Å². The Balaban J connectivity index is 2.36. The van der Waals surface area contributed by atoms with Crippen LogP contribution in [0.3, 0.4) is 0 Å². The van der Waals surface area contributed by atoms with Crippen molar-refractivity contribution < 1.29 is 19.1 Å². The SMILES string of the molecule is CCCCCCCOC(=O)C1(NC(=O)OCCCC)CCCC1. The van der Waals surface area contributed by atoms with Crippen LogP contribution in [0.1, 0.15) is 84.5 Å². The van der Waals surface area contributed by atoms with Gasteiger partial charge in [-0.25, -0.2) is 9.59 Å². The average Bonchev–Trinajstić information content (AvgIpc) is 3.00. The predicted molar refractivity (Wildman–Crippen MR) is 90.3 cm³/mol. The summed E-state index contributed by atoms with van der Waals surface area (Å²) in [6, 6.07) is 0. The van der Waals surface area contributed by atoms with Gasteiger partial charge >= 0.3 is 12.1 Å². The summed E-state index contributed by atoms with van der Waals surface area (Å²) in [5, 5.41) is 2.78. The fourth-order valence-electron chi connectivity index (χ4n) is 2.91. The predicted octanol–water partition coefficient (Wildman–Crippen LogP) is 4.34. The molecule has 0 unspecified atom stereocenters. The summed E-state index contributed by atoms with van der Waals surface area (Å²) in [5.74, 6) is -0.294. The van der Waals surface area contributed by atoms with Gasteiger partial charge in [-0.2, -0.15) is 0 Å². The third kappa shape index (κ3) is 7.23. The van der Waals surface area contributed by atoms with E-state index < -0.39 is 11.6 Å². The number of rotatable bonds is 11. The molecular weight excluding hydrogens is 294 g/mol. The molecule has 23 heavy (non-hydrogen) atoms. The molecule has 1 aliphatic rings.